The Kier molecular flexibility index (Phi) is 5.81. The van der Waals surface area contributed by atoms with Crippen molar-refractivity contribution in [3.05, 3.63) is 59.7 Å². The fourth-order valence-electron chi connectivity index (χ4n) is 2.36. The van der Waals surface area contributed by atoms with Gasteiger partial charge in [-0.25, -0.2) is 13.1 Å². The maximum Gasteiger partial charge on any atom is 0.253 e. The van der Waals surface area contributed by atoms with Gasteiger partial charge < -0.3 is 9.80 Å². The summed E-state index contributed by atoms with van der Waals surface area (Å²) < 4.78 is 25.7. The summed E-state index contributed by atoms with van der Waals surface area (Å²) in [5.41, 5.74) is 2.57. The topological polar surface area (TPSA) is 69.7 Å². The summed E-state index contributed by atoms with van der Waals surface area (Å²) >= 11 is 0. The van der Waals surface area contributed by atoms with Crippen LogP contribution in [0.1, 0.15) is 15.9 Å². The van der Waals surface area contributed by atoms with Gasteiger partial charge in [-0.1, -0.05) is 12.1 Å². The molecule has 0 fully saturated rings. The molecule has 2 aromatic carbocycles. The second-order valence-corrected chi connectivity index (χ2v) is 7.84. The zero-order chi connectivity index (χ0) is 18.6. The Morgan fingerprint density at radius 3 is 2.00 bits per heavy atom. The van der Waals surface area contributed by atoms with Gasteiger partial charge in [-0.05, 0) is 49.0 Å². The van der Waals surface area contributed by atoms with Crippen LogP contribution in [0.3, 0.4) is 0 Å². The SMILES string of the molecule is CNS(=O)(=O)c1ccc(C(=O)N(C)Cc2ccc(N(C)C)cc2)cc1. The maximum absolute atomic E-state index is 12.5. The smallest absolute Gasteiger partial charge is 0.253 e. The van der Waals surface area contributed by atoms with Gasteiger partial charge in [0.2, 0.25) is 10.0 Å². The number of sulfonamides is 1. The van der Waals surface area contributed by atoms with Crippen molar-refractivity contribution in [3.63, 3.8) is 0 Å². The molecule has 0 heterocycles. The number of rotatable bonds is 6. The first-order valence-electron chi connectivity index (χ1n) is 7.80. The summed E-state index contributed by atoms with van der Waals surface area (Å²) in [4.78, 5) is 16.3. The van der Waals surface area contributed by atoms with Crippen LogP contribution >= 0.6 is 0 Å². The zero-order valence-electron chi connectivity index (χ0n) is 14.9. The molecule has 1 N–H and O–H groups in total. The number of carbonyl (C=O) groups excluding carboxylic acids is 1. The van der Waals surface area contributed by atoms with Crippen molar-refractivity contribution in [2.24, 2.45) is 0 Å². The molecule has 0 aromatic heterocycles. The van der Waals surface area contributed by atoms with Gasteiger partial charge in [0.25, 0.3) is 5.91 Å². The van der Waals surface area contributed by atoms with Crippen LogP contribution < -0.4 is 9.62 Å². The Balaban J connectivity index is 2.09. The van der Waals surface area contributed by atoms with E-state index in [4.69, 9.17) is 0 Å². The molecule has 6 nitrogen and oxygen atoms in total. The van der Waals surface area contributed by atoms with E-state index in [9.17, 15) is 13.2 Å². The van der Waals surface area contributed by atoms with Crippen molar-refractivity contribution < 1.29 is 13.2 Å². The van der Waals surface area contributed by atoms with Crippen LogP contribution in [0.25, 0.3) is 0 Å². The Hall–Kier alpha value is -2.38. The van der Waals surface area contributed by atoms with E-state index >= 15 is 0 Å². The first kappa shape index (κ1) is 19.0. The van der Waals surface area contributed by atoms with Crippen LogP contribution in [0.15, 0.2) is 53.4 Å². The number of carbonyl (C=O) groups is 1. The van der Waals surface area contributed by atoms with Gasteiger partial charge in [-0.15, -0.1) is 0 Å². The second-order valence-electron chi connectivity index (χ2n) is 5.95. The number of hydrogen-bond donors (Lipinski definition) is 1. The lowest BCUT2D eigenvalue weighted by Crippen LogP contribution is -2.26. The average molecular weight is 361 g/mol. The van der Waals surface area contributed by atoms with Crippen LogP contribution in [0.2, 0.25) is 0 Å². The minimum Gasteiger partial charge on any atom is -0.378 e. The molecular weight excluding hydrogens is 338 g/mol. The highest BCUT2D eigenvalue weighted by Crippen LogP contribution is 2.15. The van der Waals surface area contributed by atoms with Crippen LogP contribution in [-0.4, -0.2) is 47.4 Å². The Morgan fingerprint density at radius 1 is 0.960 bits per heavy atom. The number of benzene rings is 2. The molecule has 7 heteroatoms. The number of anilines is 1. The van der Waals surface area contributed by atoms with Gasteiger partial charge in [0.1, 0.15) is 0 Å². The molecule has 25 heavy (non-hydrogen) atoms. The number of hydrogen-bond acceptors (Lipinski definition) is 4. The van der Waals surface area contributed by atoms with Crippen molar-refractivity contribution in [1.29, 1.82) is 0 Å². The van der Waals surface area contributed by atoms with Crippen LogP contribution in [-0.2, 0) is 16.6 Å². The van der Waals surface area contributed by atoms with Crippen molar-refractivity contribution in [2.45, 2.75) is 11.4 Å². The summed E-state index contributed by atoms with van der Waals surface area (Å²) in [6.45, 7) is 0.475. The Labute approximate surface area is 149 Å². The molecule has 1 amide bonds. The minimum atomic E-state index is -3.50. The quantitative estimate of drug-likeness (QED) is 0.854. The summed E-state index contributed by atoms with van der Waals surface area (Å²) in [5, 5.41) is 0. The third-order valence-electron chi connectivity index (χ3n) is 3.90. The fourth-order valence-corrected chi connectivity index (χ4v) is 3.09. The predicted octanol–water partition coefficient (Wildman–Crippen LogP) is 1.93. The normalized spacial score (nSPS) is 11.2. The molecule has 0 saturated carbocycles. The molecule has 0 unspecified atom stereocenters. The minimum absolute atomic E-state index is 0.133. The molecule has 0 saturated heterocycles. The van der Waals surface area contributed by atoms with Crippen molar-refractivity contribution in [1.82, 2.24) is 9.62 Å². The van der Waals surface area contributed by atoms with Gasteiger partial charge in [-0.2, -0.15) is 0 Å². The van der Waals surface area contributed by atoms with E-state index < -0.39 is 10.0 Å². The van der Waals surface area contributed by atoms with Gasteiger partial charge >= 0.3 is 0 Å². The van der Waals surface area contributed by atoms with E-state index in [2.05, 4.69) is 4.72 Å². The Bertz CT molecular complexity index is 829. The van der Waals surface area contributed by atoms with E-state index in [1.807, 2.05) is 43.3 Å². The largest absolute Gasteiger partial charge is 0.378 e. The van der Waals surface area contributed by atoms with Crippen molar-refractivity contribution in [2.75, 3.05) is 33.1 Å². The number of amides is 1. The molecule has 2 aromatic rings. The molecular formula is C18H23N3O3S. The average Bonchev–Trinajstić information content (AvgIpc) is 2.61. The zero-order valence-corrected chi connectivity index (χ0v) is 15.7. The summed E-state index contributed by atoms with van der Waals surface area (Å²) in [5.74, 6) is -0.162. The van der Waals surface area contributed by atoms with Crippen molar-refractivity contribution in [3.8, 4) is 0 Å². The van der Waals surface area contributed by atoms with Crippen LogP contribution in [0.5, 0.6) is 0 Å². The monoisotopic (exact) mass is 361 g/mol. The van der Waals surface area contributed by atoms with Gasteiger partial charge in [0.15, 0.2) is 0 Å². The molecule has 0 bridgehead atoms. The summed E-state index contributed by atoms with van der Waals surface area (Å²) in [7, 11) is 3.52. The molecule has 0 aliphatic heterocycles. The van der Waals surface area contributed by atoms with Crippen molar-refractivity contribution >= 4 is 21.6 Å². The third kappa shape index (κ3) is 4.58. The lowest BCUT2D eigenvalue weighted by Gasteiger charge is -2.18. The molecule has 134 valence electrons. The highest BCUT2D eigenvalue weighted by atomic mass is 32.2. The number of nitrogens with one attached hydrogen (secondary N) is 1. The molecule has 0 aliphatic carbocycles. The molecule has 0 spiro atoms. The third-order valence-corrected chi connectivity index (χ3v) is 5.33. The molecule has 2 rings (SSSR count). The highest BCUT2D eigenvalue weighted by molar-refractivity contribution is 7.89. The van der Waals surface area contributed by atoms with Gasteiger partial charge in [-0.3, -0.25) is 4.79 Å². The summed E-state index contributed by atoms with van der Waals surface area (Å²) in [6.07, 6.45) is 0. The predicted molar refractivity (Wildman–Crippen MR) is 99.3 cm³/mol. The van der Waals surface area contributed by atoms with E-state index in [1.165, 1.54) is 31.3 Å². The Morgan fingerprint density at radius 2 is 1.52 bits per heavy atom. The molecule has 0 atom stereocenters. The van der Waals surface area contributed by atoms with Gasteiger partial charge in [0, 0.05) is 38.9 Å². The first-order chi connectivity index (χ1) is 11.7. The number of nitrogens with zero attached hydrogens (tertiary/aromatic N) is 2. The van der Waals surface area contributed by atoms with Crippen LogP contribution in [0, 0.1) is 0 Å². The standard InChI is InChI=1S/C18H23N3O3S/c1-19-25(23,24)17-11-7-15(8-12-17)18(22)21(4)13-14-5-9-16(10-6-14)20(2)3/h5-12,19H,13H2,1-4H3. The fraction of sp³-hybridized carbons (Fsp3) is 0.278. The summed E-state index contributed by atoms with van der Waals surface area (Å²) in [6, 6.07) is 13.9. The van der Waals surface area contributed by atoms with E-state index in [0.29, 0.717) is 12.1 Å². The maximum atomic E-state index is 12.5. The van der Waals surface area contributed by atoms with E-state index in [-0.39, 0.29) is 10.8 Å². The van der Waals surface area contributed by atoms with Crippen LogP contribution in [0.4, 0.5) is 5.69 Å². The highest BCUT2D eigenvalue weighted by Gasteiger charge is 2.15. The second kappa shape index (κ2) is 7.67. The lowest BCUT2D eigenvalue weighted by molar-refractivity contribution is 0.0785. The molecule has 0 radical (unpaired) electrons. The van der Waals surface area contributed by atoms with E-state index in [0.717, 1.165) is 11.3 Å². The lowest BCUT2D eigenvalue weighted by atomic mass is 10.1. The first-order valence-corrected chi connectivity index (χ1v) is 9.28. The molecule has 0 aliphatic rings. The van der Waals surface area contributed by atoms with Gasteiger partial charge in [0.05, 0.1) is 4.90 Å². The van der Waals surface area contributed by atoms with E-state index in [1.54, 1.807) is 11.9 Å².